The van der Waals surface area contributed by atoms with Crippen LogP contribution < -0.4 is 4.74 Å². The number of likely N-dealkylation sites (tertiary alicyclic amines) is 1. The van der Waals surface area contributed by atoms with E-state index in [1.807, 2.05) is 29.2 Å². The van der Waals surface area contributed by atoms with Crippen LogP contribution in [0.5, 0.6) is 5.75 Å². The number of para-hydroxylation sites is 1. The Balaban J connectivity index is 2.05. The van der Waals surface area contributed by atoms with Gasteiger partial charge >= 0.3 is 0 Å². The number of benzene rings is 1. The van der Waals surface area contributed by atoms with Gasteiger partial charge in [0, 0.05) is 13.1 Å². The molecule has 1 aromatic carbocycles. The van der Waals surface area contributed by atoms with Gasteiger partial charge in [-0.25, -0.2) is 0 Å². The number of hydrogen-bond donors (Lipinski definition) is 0. The van der Waals surface area contributed by atoms with Crippen molar-refractivity contribution in [2.75, 3.05) is 20.2 Å². The van der Waals surface area contributed by atoms with Crippen molar-refractivity contribution in [3.8, 4) is 5.75 Å². The molecule has 0 saturated carbocycles. The van der Waals surface area contributed by atoms with E-state index in [1.54, 1.807) is 7.11 Å². The molecule has 3 heteroatoms. The second-order valence-corrected chi connectivity index (χ2v) is 5.57. The van der Waals surface area contributed by atoms with E-state index in [1.165, 1.54) is 0 Å². The average Bonchev–Trinajstić information content (AvgIpc) is 2.46. The number of amides is 1. The normalized spacial score (nSPS) is 16.7. The van der Waals surface area contributed by atoms with E-state index in [0.717, 1.165) is 31.8 Å². The van der Waals surface area contributed by atoms with Crippen molar-refractivity contribution < 1.29 is 9.53 Å². The molecule has 1 fully saturated rings. The first-order valence-corrected chi connectivity index (χ1v) is 7.05. The third-order valence-corrected chi connectivity index (χ3v) is 4.11. The molecule has 0 unspecified atom stereocenters. The molecule has 1 aromatic rings. The molecule has 1 saturated heterocycles. The van der Waals surface area contributed by atoms with E-state index in [0.29, 0.717) is 17.2 Å². The van der Waals surface area contributed by atoms with Gasteiger partial charge in [0.1, 0.15) is 5.75 Å². The van der Waals surface area contributed by atoms with Crippen LogP contribution in [0, 0.1) is 11.8 Å². The largest absolute Gasteiger partial charge is 0.496 e. The maximum absolute atomic E-state index is 12.5. The summed E-state index contributed by atoms with van der Waals surface area (Å²) in [5.74, 6) is 2.23. The molecule has 1 amide bonds. The van der Waals surface area contributed by atoms with E-state index in [-0.39, 0.29) is 5.91 Å². The van der Waals surface area contributed by atoms with Crippen molar-refractivity contribution >= 4 is 5.91 Å². The summed E-state index contributed by atoms with van der Waals surface area (Å²) in [5, 5.41) is 0. The van der Waals surface area contributed by atoms with E-state index < -0.39 is 0 Å². The summed E-state index contributed by atoms with van der Waals surface area (Å²) in [6, 6.07) is 7.46. The summed E-state index contributed by atoms with van der Waals surface area (Å²) >= 11 is 0. The molecular formula is C16H23NO2. The van der Waals surface area contributed by atoms with Crippen molar-refractivity contribution in [2.45, 2.75) is 26.7 Å². The Hall–Kier alpha value is -1.51. The van der Waals surface area contributed by atoms with Crippen LogP contribution in [0.25, 0.3) is 0 Å². The highest BCUT2D eigenvalue weighted by molar-refractivity contribution is 5.97. The lowest BCUT2D eigenvalue weighted by Crippen LogP contribution is -2.39. The molecule has 3 nitrogen and oxygen atoms in total. The molecule has 0 bridgehead atoms. The van der Waals surface area contributed by atoms with E-state index >= 15 is 0 Å². The van der Waals surface area contributed by atoms with Crippen LogP contribution in [-0.4, -0.2) is 31.0 Å². The standard InChI is InChI=1S/C16H23NO2/c1-12(2)13-8-10-17(11-9-13)16(18)14-6-4-5-7-15(14)19-3/h4-7,12-13H,8-11H2,1-3H3. The van der Waals surface area contributed by atoms with Gasteiger partial charge in [-0.1, -0.05) is 26.0 Å². The lowest BCUT2D eigenvalue weighted by molar-refractivity contribution is 0.0664. The maximum atomic E-state index is 12.5. The molecule has 0 aromatic heterocycles. The fraction of sp³-hybridized carbons (Fsp3) is 0.562. The number of carbonyl (C=O) groups excluding carboxylic acids is 1. The fourth-order valence-corrected chi connectivity index (χ4v) is 2.76. The molecule has 0 spiro atoms. The number of piperidine rings is 1. The van der Waals surface area contributed by atoms with Crippen LogP contribution >= 0.6 is 0 Å². The van der Waals surface area contributed by atoms with Crippen LogP contribution in [0.2, 0.25) is 0 Å². The van der Waals surface area contributed by atoms with Gasteiger partial charge in [0.15, 0.2) is 0 Å². The number of nitrogens with zero attached hydrogens (tertiary/aromatic N) is 1. The van der Waals surface area contributed by atoms with Crippen LogP contribution in [0.4, 0.5) is 0 Å². The van der Waals surface area contributed by atoms with E-state index in [9.17, 15) is 4.79 Å². The first kappa shape index (κ1) is 13.9. The molecule has 1 aliphatic heterocycles. The quantitative estimate of drug-likeness (QED) is 0.836. The Morgan fingerprint density at radius 3 is 2.47 bits per heavy atom. The number of methoxy groups -OCH3 is 1. The minimum atomic E-state index is 0.0969. The molecule has 0 atom stereocenters. The minimum Gasteiger partial charge on any atom is -0.496 e. The number of carbonyl (C=O) groups is 1. The molecule has 1 heterocycles. The SMILES string of the molecule is COc1ccccc1C(=O)N1CCC(C(C)C)CC1. The predicted molar refractivity (Wildman–Crippen MR) is 76.5 cm³/mol. The maximum Gasteiger partial charge on any atom is 0.257 e. The van der Waals surface area contributed by atoms with Gasteiger partial charge in [-0.05, 0) is 36.8 Å². The zero-order valence-electron chi connectivity index (χ0n) is 12.1. The molecule has 19 heavy (non-hydrogen) atoms. The number of hydrogen-bond acceptors (Lipinski definition) is 2. The van der Waals surface area contributed by atoms with E-state index in [4.69, 9.17) is 4.74 Å². The Bertz CT molecular complexity index is 434. The zero-order chi connectivity index (χ0) is 13.8. The second-order valence-electron chi connectivity index (χ2n) is 5.57. The monoisotopic (exact) mass is 261 g/mol. The molecule has 104 valence electrons. The highest BCUT2D eigenvalue weighted by atomic mass is 16.5. The summed E-state index contributed by atoms with van der Waals surface area (Å²) in [7, 11) is 1.61. The molecule has 2 rings (SSSR count). The molecule has 0 radical (unpaired) electrons. The van der Waals surface area contributed by atoms with Gasteiger partial charge in [0.05, 0.1) is 12.7 Å². The van der Waals surface area contributed by atoms with Crippen molar-refractivity contribution in [1.82, 2.24) is 4.90 Å². The van der Waals surface area contributed by atoms with Gasteiger partial charge in [0.25, 0.3) is 5.91 Å². The Kier molecular flexibility index (Phi) is 4.46. The first-order valence-electron chi connectivity index (χ1n) is 7.05. The Labute approximate surface area is 115 Å². The lowest BCUT2D eigenvalue weighted by atomic mass is 9.86. The van der Waals surface area contributed by atoms with E-state index in [2.05, 4.69) is 13.8 Å². The van der Waals surface area contributed by atoms with Crippen LogP contribution in [0.3, 0.4) is 0 Å². The third-order valence-electron chi connectivity index (χ3n) is 4.11. The molecule has 0 N–H and O–H groups in total. The van der Waals surface area contributed by atoms with Gasteiger partial charge < -0.3 is 9.64 Å². The average molecular weight is 261 g/mol. The van der Waals surface area contributed by atoms with Crippen molar-refractivity contribution in [3.63, 3.8) is 0 Å². The predicted octanol–water partition coefficient (Wildman–Crippen LogP) is 3.20. The smallest absolute Gasteiger partial charge is 0.257 e. The third kappa shape index (κ3) is 3.09. The summed E-state index contributed by atoms with van der Waals surface area (Å²) < 4.78 is 5.27. The summed E-state index contributed by atoms with van der Waals surface area (Å²) in [4.78, 5) is 14.5. The Morgan fingerprint density at radius 1 is 1.26 bits per heavy atom. The van der Waals surface area contributed by atoms with Gasteiger partial charge in [0.2, 0.25) is 0 Å². The summed E-state index contributed by atoms with van der Waals surface area (Å²) in [6.45, 7) is 6.25. The first-order chi connectivity index (χ1) is 9.13. The second kappa shape index (κ2) is 6.09. The topological polar surface area (TPSA) is 29.5 Å². The van der Waals surface area contributed by atoms with Crippen molar-refractivity contribution in [1.29, 1.82) is 0 Å². The van der Waals surface area contributed by atoms with Crippen LogP contribution in [0.15, 0.2) is 24.3 Å². The minimum absolute atomic E-state index is 0.0969. The highest BCUT2D eigenvalue weighted by Gasteiger charge is 2.26. The molecule has 0 aliphatic carbocycles. The zero-order valence-corrected chi connectivity index (χ0v) is 12.1. The van der Waals surface area contributed by atoms with Crippen LogP contribution in [0.1, 0.15) is 37.0 Å². The number of rotatable bonds is 3. The van der Waals surface area contributed by atoms with Gasteiger partial charge in [-0.2, -0.15) is 0 Å². The summed E-state index contributed by atoms with van der Waals surface area (Å²) in [5.41, 5.74) is 0.674. The van der Waals surface area contributed by atoms with Crippen molar-refractivity contribution in [3.05, 3.63) is 29.8 Å². The van der Waals surface area contributed by atoms with Gasteiger partial charge in [-0.3, -0.25) is 4.79 Å². The van der Waals surface area contributed by atoms with Crippen molar-refractivity contribution in [2.24, 2.45) is 11.8 Å². The fourth-order valence-electron chi connectivity index (χ4n) is 2.76. The Morgan fingerprint density at radius 2 is 1.89 bits per heavy atom. The lowest BCUT2D eigenvalue weighted by Gasteiger charge is -2.34. The summed E-state index contributed by atoms with van der Waals surface area (Å²) in [6.07, 6.45) is 2.22. The highest BCUT2D eigenvalue weighted by Crippen LogP contribution is 2.27. The number of ether oxygens (including phenoxy) is 1. The van der Waals surface area contributed by atoms with Crippen LogP contribution in [-0.2, 0) is 0 Å². The molecular weight excluding hydrogens is 238 g/mol. The molecule has 1 aliphatic rings. The van der Waals surface area contributed by atoms with Gasteiger partial charge in [-0.15, -0.1) is 0 Å².